The van der Waals surface area contributed by atoms with E-state index in [-0.39, 0.29) is 12.1 Å². The van der Waals surface area contributed by atoms with Crippen LogP contribution in [-0.2, 0) is 16.6 Å². The zero-order valence-electron chi connectivity index (χ0n) is 17.7. The van der Waals surface area contributed by atoms with Crippen LogP contribution in [0.25, 0.3) is 0 Å². The van der Waals surface area contributed by atoms with Gasteiger partial charge in [-0.3, -0.25) is 4.79 Å². The van der Waals surface area contributed by atoms with Crippen LogP contribution >= 0.6 is 0 Å². The van der Waals surface area contributed by atoms with E-state index in [0.29, 0.717) is 11.6 Å². The molecular formula is C24H25FN2O3S. The molecule has 0 fully saturated rings. The number of nitrogens with zero attached hydrogens (tertiary/aromatic N) is 1. The summed E-state index contributed by atoms with van der Waals surface area (Å²) in [4.78, 5) is 12.1. The molecule has 5 nitrogen and oxygen atoms in total. The number of halogens is 1. The lowest BCUT2D eigenvalue weighted by Crippen LogP contribution is -2.27. The Labute approximate surface area is 182 Å². The maximum Gasteiger partial charge on any atom is 0.255 e. The summed E-state index contributed by atoms with van der Waals surface area (Å²) in [5, 5.41) is 2.72. The lowest BCUT2D eigenvalue weighted by Gasteiger charge is -2.18. The standard InChI is InChI=1S/C24H25FN2O3S/c1-17(2)19-9-12-21(13-10-19)26-24(28)20-11-14-22(25)23(15-20)31(29,30)27(3)16-18-7-5-4-6-8-18/h4-15,17H,16H2,1-3H3,(H,26,28). The molecule has 0 atom stereocenters. The number of benzene rings is 3. The zero-order valence-corrected chi connectivity index (χ0v) is 18.5. The average Bonchev–Trinajstić information content (AvgIpc) is 2.75. The van der Waals surface area contributed by atoms with Crippen LogP contribution in [0.15, 0.2) is 77.7 Å². The second kappa shape index (κ2) is 9.41. The third-order valence-electron chi connectivity index (χ3n) is 4.96. The van der Waals surface area contributed by atoms with Gasteiger partial charge in [0.15, 0.2) is 0 Å². The van der Waals surface area contributed by atoms with Crippen molar-refractivity contribution in [3.8, 4) is 0 Å². The van der Waals surface area contributed by atoms with Crippen molar-refractivity contribution in [3.05, 3.63) is 95.3 Å². The molecule has 0 unspecified atom stereocenters. The van der Waals surface area contributed by atoms with E-state index < -0.39 is 26.6 Å². The Balaban J connectivity index is 1.82. The SMILES string of the molecule is CC(C)c1ccc(NC(=O)c2ccc(F)c(S(=O)(=O)N(C)Cc3ccccc3)c2)cc1. The molecule has 0 aromatic heterocycles. The molecule has 0 aliphatic carbocycles. The molecule has 1 N–H and O–H groups in total. The molecular weight excluding hydrogens is 415 g/mol. The highest BCUT2D eigenvalue weighted by molar-refractivity contribution is 7.89. The van der Waals surface area contributed by atoms with Crippen LogP contribution in [0.3, 0.4) is 0 Å². The largest absolute Gasteiger partial charge is 0.322 e. The Morgan fingerprint density at radius 1 is 1.00 bits per heavy atom. The minimum Gasteiger partial charge on any atom is -0.322 e. The number of hydrogen-bond donors (Lipinski definition) is 1. The molecule has 3 aromatic carbocycles. The van der Waals surface area contributed by atoms with Gasteiger partial charge in [-0.15, -0.1) is 0 Å². The van der Waals surface area contributed by atoms with Gasteiger partial charge in [0, 0.05) is 24.8 Å². The van der Waals surface area contributed by atoms with Crippen molar-refractivity contribution in [2.75, 3.05) is 12.4 Å². The molecule has 31 heavy (non-hydrogen) atoms. The van der Waals surface area contributed by atoms with Crippen LogP contribution < -0.4 is 5.32 Å². The van der Waals surface area contributed by atoms with E-state index in [2.05, 4.69) is 19.2 Å². The molecule has 0 aliphatic heterocycles. The first-order valence-electron chi connectivity index (χ1n) is 9.89. The third-order valence-corrected chi connectivity index (χ3v) is 6.78. The lowest BCUT2D eigenvalue weighted by molar-refractivity contribution is 0.102. The van der Waals surface area contributed by atoms with Crippen LogP contribution in [-0.4, -0.2) is 25.7 Å². The molecule has 7 heteroatoms. The van der Waals surface area contributed by atoms with Gasteiger partial charge in [0.1, 0.15) is 10.7 Å². The molecule has 3 aromatic rings. The first kappa shape index (κ1) is 22.7. The number of rotatable bonds is 7. The topological polar surface area (TPSA) is 66.5 Å². The smallest absolute Gasteiger partial charge is 0.255 e. The minimum absolute atomic E-state index is 0.0565. The summed E-state index contributed by atoms with van der Waals surface area (Å²) in [6.45, 7) is 4.23. The van der Waals surface area contributed by atoms with Crippen molar-refractivity contribution >= 4 is 21.6 Å². The molecule has 0 aliphatic rings. The third kappa shape index (κ3) is 5.37. The van der Waals surface area contributed by atoms with Crippen LogP contribution in [0.2, 0.25) is 0 Å². The summed E-state index contributed by atoms with van der Waals surface area (Å²) in [7, 11) is -2.75. The summed E-state index contributed by atoms with van der Waals surface area (Å²) >= 11 is 0. The molecule has 3 rings (SSSR count). The Morgan fingerprint density at radius 2 is 1.65 bits per heavy atom. The van der Waals surface area contributed by atoms with E-state index in [9.17, 15) is 17.6 Å². The Hall–Kier alpha value is -3.03. The summed E-state index contributed by atoms with van der Waals surface area (Å²) in [5.74, 6) is -1.06. The Morgan fingerprint density at radius 3 is 2.26 bits per heavy atom. The summed E-state index contributed by atoms with van der Waals surface area (Å²) in [5.41, 5.74) is 2.53. The van der Waals surface area contributed by atoms with Crippen molar-refractivity contribution in [1.29, 1.82) is 0 Å². The second-order valence-corrected chi connectivity index (χ2v) is 9.64. The fraction of sp³-hybridized carbons (Fsp3) is 0.208. The summed E-state index contributed by atoms with van der Waals surface area (Å²) in [6.07, 6.45) is 0. The fourth-order valence-electron chi connectivity index (χ4n) is 3.09. The molecule has 0 heterocycles. The minimum atomic E-state index is -4.13. The van der Waals surface area contributed by atoms with Gasteiger partial charge in [-0.2, -0.15) is 4.31 Å². The summed E-state index contributed by atoms with van der Waals surface area (Å²) in [6, 6.07) is 19.7. The van der Waals surface area contributed by atoms with Gasteiger partial charge in [0.25, 0.3) is 5.91 Å². The predicted molar refractivity (Wildman–Crippen MR) is 120 cm³/mol. The lowest BCUT2D eigenvalue weighted by atomic mass is 10.0. The van der Waals surface area contributed by atoms with Crippen molar-refractivity contribution in [2.24, 2.45) is 0 Å². The van der Waals surface area contributed by atoms with Crippen LogP contribution in [0.5, 0.6) is 0 Å². The van der Waals surface area contributed by atoms with Crippen molar-refractivity contribution in [1.82, 2.24) is 4.31 Å². The average molecular weight is 441 g/mol. The first-order valence-corrected chi connectivity index (χ1v) is 11.3. The molecule has 0 saturated heterocycles. The number of anilines is 1. The Bertz CT molecular complexity index is 1160. The predicted octanol–water partition coefficient (Wildman–Crippen LogP) is 5.02. The van der Waals surface area contributed by atoms with E-state index >= 15 is 0 Å². The summed E-state index contributed by atoms with van der Waals surface area (Å²) < 4.78 is 41.4. The van der Waals surface area contributed by atoms with Gasteiger partial charge in [-0.1, -0.05) is 56.3 Å². The number of sulfonamides is 1. The normalized spacial score (nSPS) is 11.7. The highest BCUT2D eigenvalue weighted by atomic mass is 32.2. The maximum atomic E-state index is 14.4. The highest BCUT2D eigenvalue weighted by Gasteiger charge is 2.26. The highest BCUT2D eigenvalue weighted by Crippen LogP contribution is 2.23. The fourth-order valence-corrected chi connectivity index (χ4v) is 4.34. The van der Waals surface area contributed by atoms with E-state index in [1.54, 1.807) is 36.4 Å². The van der Waals surface area contributed by atoms with Crippen LogP contribution in [0.4, 0.5) is 10.1 Å². The molecule has 0 bridgehead atoms. The number of hydrogen-bond acceptors (Lipinski definition) is 3. The number of nitrogens with one attached hydrogen (secondary N) is 1. The number of carbonyl (C=O) groups excluding carboxylic acids is 1. The zero-order chi connectivity index (χ0) is 22.6. The van der Waals surface area contributed by atoms with Crippen molar-refractivity contribution < 1.29 is 17.6 Å². The van der Waals surface area contributed by atoms with E-state index in [1.807, 2.05) is 18.2 Å². The van der Waals surface area contributed by atoms with E-state index in [0.717, 1.165) is 27.6 Å². The van der Waals surface area contributed by atoms with Gasteiger partial charge < -0.3 is 5.32 Å². The van der Waals surface area contributed by atoms with Crippen molar-refractivity contribution in [3.63, 3.8) is 0 Å². The van der Waals surface area contributed by atoms with Gasteiger partial charge >= 0.3 is 0 Å². The van der Waals surface area contributed by atoms with Gasteiger partial charge in [0.2, 0.25) is 10.0 Å². The van der Waals surface area contributed by atoms with Crippen LogP contribution in [0.1, 0.15) is 41.3 Å². The molecule has 162 valence electrons. The number of amides is 1. The van der Waals surface area contributed by atoms with Gasteiger partial charge in [-0.05, 0) is 47.4 Å². The molecule has 0 spiro atoms. The van der Waals surface area contributed by atoms with Crippen LogP contribution in [0, 0.1) is 5.82 Å². The molecule has 0 saturated carbocycles. The second-order valence-electron chi connectivity index (χ2n) is 7.62. The molecule has 1 amide bonds. The van der Waals surface area contributed by atoms with Crippen molar-refractivity contribution in [2.45, 2.75) is 31.2 Å². The van der Waals surface area contributed by atoms with E-state index in [1.165, 1.54) is 13.1 Å². The number of carbonyl (C=O) groups is 1. The Kier molecular flexibility index (Phi) is 6.87. The van der Waals surface area contributed by atoms with Gasteiger partial charge in [-0.25, -0.2) is 12.8 Å². The molecule has 0 radical (unpaired) electrons. The maximum absolute atomic E-state index is 14.4. The van der Waals surface area contributed by atoms with Gasteiger partial charge in [0.05, 0.1) is 0 Å². The van der Waals surface area contributed by atoms with E-state index in [4.69, 9.17) is 0 Å². The monoisotopic (exact) mass is 440 g/mol. The quantitative estimate of drug-likeness (QED) is 0.561. The first-order chi connectivity index (χ1) is 14.7.